The highest BCUT2D eigenvalue weighted by Crippen LogP contribution is 2.65. The number of nitrogens with one attached hydrogen (secondary N) is 1. The Morgan fingerprint density at radius 3 is 2.28 bits per heavy atom. The van der Waals surface area contributed by atoms with E-state index in [0.29, 0.717) is 21.9 Å². The highest BCUT2D eigenvalue weighted by atomic mass is 35.5. The number of nitrogens with zero attached hydrogens (tertiary/aromatic N) is 3. The number of methoxy groups -OCH3 is 1. The van der Waals surface area contributed by atoms with E-state index in [1.807, 2.05) is 6.08 Å². The zero-order valence-corrected chi connectivity index (χ0v) is 28.7. The average molecular weight is 737 g/mol. The van der Waals surface area contributed by atoms with Crippen molar-refractivity contribution in [3.8, 4) is 11.5 Å². The summed E-state index contributed by atoms with van der Waals surface area (Å²) in [4.78, 5) is 70.2. The number of carbonyl (C=O) groups is 4. The maximum atomic E-state index is 15.2. The molecule has 2 aliphatic heterocycles. The predicted octanol–water partition coefficient (Wildman–Crippen LogP) is 6.29. The minimum Gasteiger partial charge on any atom is -0.508 e. The fraction of sp³-hybridized carbons (Fsp3) is 0.231. The number of benzene rings is 4. The van der Waals surface area contributed by atoms with Crippen LogP contribution in [-0.2, 0) is 24.6 Å². The SMILES string of the molecule is COc1ccc(O)c(C2C3=CCC4C(=O)N(c5ccc([N+](=O)[O-])cc5)C(=O)C4C3CC3C(=O)N(Nc4ccc(F)cc4)C(=O)C32c2ccc(Cl)cc2)c1. The van der Waals surface area contributed by atoms with Crippen LogP contribution in [0, 0.1) is 39.6 Å². The van der Waals surface area contributed by atoms with E-state index in [1.54, 1.807) is 36.4 Å². The normalized spacial score (nSPS) is 26.2. The molecule has 0 spiro atoms. The van der Waals surface area contributed by atoms with Crippen LogP contribution < -0.4 is 15.1 Å². The first-order valence-electron chi connectivity index (χ1n) is 16.8. The number of hydrogen-bond donors (Lipinski definition) is 2. The predicted molar refractivity (Wildman–Crippen MR) is 189 cm³/mol. The van der Waals surface area contributed by atoms with E-state index in [9.17, 15) is 34.0 Å². The third-order valence-corrected chi connectivity index (χ3v) is 11.4. The van der Waals surface area contributed by atoms with Crippen molar-refractivity contribution in [2.24, 2.45) is 23.7 Å². The van der Waals surface area contributed by atoms with Crippen LogP contribution in [0.2, 0.25) is 5.02 Å². The second-order valence-corrected chi connectivity index (χ2v) is 14.0. The number of anilines is 2. The first kappa shape index (κ1) is 34.0. The van der Waals surface area contributed by atoms with E-state index in [4.69, 9.17) is 16.3 Å². The largest absolute Gasteiger partial charge is 0.508 e. The minimum absolute atomic E-state index is 0.0177. The zero-order valence-electron chi connectivity index (χ0n) is 27.9. The smallest absolute Gasteiger partial charge is 0.269 e. The van der Waals surface area contributed by atoms with Gasteiger partial charge < -0.3 is 9.84 Å². The molecule has 4 aromatic carbocycles. The maximum Gasteiger partial charge on any atom is 0.269 e. The Kier molecular flexibility index (Phi) is 8.06. The van der Waals surface area contributed by atoms with E-state index in [1.165, 1.54) is 61.7 Å². The molecular formula is C39H30ClFN4O8. The first-order valence-corrected chi connectivity index (χ1v) is 17.2. The molecule has 6 unspecified atom stereocenters. The topological polar surface area (TPSA) is 159 Å². The molecule has 2 N–H and O–H groups in total. The lowest BCUT2D eigenvalue weighted by molar-refractivity contribution is -0.384. The molecule has 12 nitrogen and oxygen atoms in total. The van der Waals surface area contributed by atoms with E-state index in [-0.39, 0.29) is 41.2 Å². The Bertz CT molecular complexity index is 2250. The van der Waals surface area contributed by atoms with Crippen LogP contribution in [0.5, 0.6) is 11.5 Å². The van der Waals surface area contributed by atoms with E-state index in [0.717, 1.165) is 9.91 Å². The van der Waals surface area contributed by atoms with Crippen LogP contribution in [0.25, 0.3) is 0 Å². The number of ether oxygens (including phenoxy) is 1. The number of halogens is 2. The number of fused-ring (bicyclic) bond motifs is 4. The molecule has 8 rings (SSSR count). The highest BCUT2D eigenvalue weighted by Gasteiger charge is 2.70. The van der Waals surface area contributed by atoms with E-state index >= 15 is 4.79 Å². The molecule has 0 radical (unpaired) electrons. The van der Waals surface area contributed by atoms with Gasteiger partial charge in [0.15, 0.2) is 0 Å². The summed E-state index contributed by atoms with van der Waals surface area (Å²) in [6.45, 7) is 0. The summed E-state index contributed by atoms with van der Waals surface area (Å²) in [5, 5.41) is 24.2. The van der Waals surface area contributed by atoms with Crippen molar-refractivity contribution in [2.75, 3.05) is 17.4 Å². The molecule has 4 aromatic rings. The molecule has 4 amide bonds. The number of phenols is 1. The lowest BCUT2D eigenvalue weighted by Crippen LogP contribution is -2.53. The summed E-state index contributed by atoms with van der Waals surface area (Å²) >= 11 is 6.33. The second-order valence-electron chi connectivity index (χ2n) is 13.6. The molecule has 14 heteroatoms. The summed E-state index contributed by atoms with van der Waals surface area (Å²) in [5.74, 6) is -7.27. The van der Waals surface area contributed by atoms with Crippen molar-refractivity contribution < 1.29 is 38.3 Å². The third-order valence-electron chi connectivity index (χ3n) is 11.1. The molecule has 2 saturated heterocycles. The average Bonchev–Trinajstić information content (AvgIpc) is 3.53. The van der Waals surface area contributed by atoms with Crippen LogP contribution in [0.15, 0.2) is 103 Å². The molecule has 2 aliphatic carbocycles. The van der Waals surface area contributed by atoms with Gasteiger partial charge in [0.1, 0.15) is 17.3 Å². The number of hydrogen-bond acceptors (Lipinski definition) is 9. The van der Waals surface area contributed by atoms with Crippen LogP contribution >= 0.6 is 11.6 Å². The molecular weight excluding hydrogens is 707 g/mol. The van der Waals surface area contributed by atoms with Gasteiger partial charge in [-0.25, -0.2) is 4.39 Å². The van der Waals surface area contributed by atoms with Crippen molar-refractivity contribution in [2.45, 2.75) is 24.2 Å². The molecule has 3 fully saturated rings. The molecule has 6 atom stereocenters. The molecule has 53 heavy (non-hydrogen) atoms. The number of carbonyl (C=O) groups excluding carboxylic acids is 4. The van der Waals surface area contributed by atoms with Gasteiger partial charge in [-0.15, -0.1) is 0 Å². The first-order chi connectivity index (χ1) is 25.4. The molecule has 4 aliphatic rings. The maximum absolute atomic E-state index is 15.2. The van der Waals surface area contributed by atoms with Gasteiger partial charge in [-0.3, -0.25) is 39.6 Å². The van der Waals surface area contributed by atoms with Crippen molar-refractivity contribution in [3.05, 3.63) is 135 Å². The molecule has 0 aromatic heterocycles. The number of aromatic hydroxyl groups is 1. The van der Waals surface area contributed by atoms with Crippen LogP contribution in [0.4, 0.5) is 21.5 Å². The van der Waals surface area contributed by atoms with Gasteiger partial charge >= 0.3 is 0 Å². The number of imide groups is 2. The van der Waals surface area contributed by atoms with Gasteiger partial charge in [0, 0.05) is 28.6 Å². The van der Waals surface area contributed by atoms with E-state index < -0.39 is 69.4 Å². The zero-order chi connectivity index (χ0) is 37.3. The summed E-state index contributed by atoms with van der Waals surface area (Å²) < 4.78 is 19.4. The van der Waals surface area contributed by atoms with Gasteiger partial charge in [0.2, 0.25) is 11.8 Å². The van der Waals surface area contributed by atoms with Crippen LogP contribution in [0.1, 0.15) is 29.9 Å². The van der Waals surface area contributed by atoms with Crippen molar-refractivity contribution >= 4 is 52.3 Å². The number of hydrazine groups is 1. The molecule has 0 bridgehead atoms. The second kappa shape index (κ2) is 12.6. The lowest BCUT2D eigenvalue weighted by Gasteiger charge is -2.50. The minimum atomic E-state index is -1.70. The Balaban J connectivity index is 1.32. The summed E-state index contributed by atoms with van der Waals surface area (Å²) in [7, 11) is 1.45. The Labute approximate surface area is 306 Å². The van der Waals surface area contributed by atoms with E-state index in [2.05, 4.69) is 5.43 Å². The Morgan fingerprint density at radius 2 is 1.62 bits per heavy atom. The molecule has 1 saturated carbocycles. The Hall–Kier alpha value is -6.08. The van der Waals surface area contributed by atoms with Gasteiger partial charge in [-0.2, -0.15) is 5.01 Å². The van der Waals surface area contributed by atoms with Gasteiger partial charge in [-0.1, -0.05) is 35.4 Å². The number of nitro groups is 1. The fourth-order valence-electron chi connectivity index (χ4n) is 8.87. The monoisotopic (exact) mass is 736 g/mol. The van der Waals surface area contributed by atoms with Gasteiger partial charge in [0.25, 0.3) is 17.5 Å². The third kappa shape index (κ3) is 5.09. The lowest BCUT2D eigenvalue weighted by atomic mass is 9.49. The van der Waals surface area contributed by atoms with Crippen LogP contribution in [0.3, 0.4) is 0 Å². The summed E-state index contributed by atoms with van der Waals surface area (Å²) in [5.41, 5.74) is 2.73. The Morgan fingerprint density at radius 1 is 0.925 bits per heavy atom. The van der Waals surface area contributed by atoms with Crippen molar-refractivity contribution in [1.82, 2.24) is 5.01 Å². The number of rotatable bonds is 7. The van der Waals surface area contributed by atoms with Gasteiger partial charge in [-0.05, 0) is 91.1 Å². The van der Waals surface area contributed by atoms with Crippen LogP contribution in [-0.4, -0.2) is 45.8 Å². The van der Waals surface area contributed by atoms with Gasteiger partial charge in [0.05, 0.1) is 46.6 Å². The molecule has 268 valence electrons. The molecule has 2 heterocycles. The van der Waals surface area contributed by atoms with Crippen molar-refractivity contribution in [3.63, 3.8) is 0 Å². The van der Waals surface area contributed by atoms with Crippen molar-refractivity contribution in [1.29, 1.82) is 0 Å². The fourth-order valence-corrected chi connectivity index (χ4v) is 8.99. The standard InChI is InChI=1S/C39H30ClFN4O8/c1-53-26-14-17-32(46)30(18-26)34-27-15-16-28-33(37(49)43(35(28)47)24-10-12-25(13-11-24)45(51)52)29(27)19-31-36(48)44(42-23-8-6-22(41)7-9-23)38(50)39(31,34)20-2-4-21(40)5-3-20/h2-15,17-18,28-29,31,33-34,42,46H,16,19H2,1H3. The quantitative estimate of drug-likeness (QED) is 0.0962. The summed E-state index contributed by atoms with van der Waals surface area (Å²) in [6, 6.07) is 21.4. The number of non-ortho nitro benzene ring substituents is 1. The number of phenolic OH excluding ortho intramolecular Hbond substituents is 1. The summed E-state index contributed by atoms with van der Waals surface area (Å²) in [6.07, 6.45) is 1.94. The highest BCUT2D eigenvalue weighted by molar-refractivity contribution is 6.30. The number of amides is 4. The number of nitro benzene ring substituents is 1. The number of allylic oxidation sites excluding steroid dienone is 2.